The quantitative estimate of drug-likeness (QED) is 0.375. The van der Waals surface area contributed by atoms with E-state index in [-0.39, 0.29) is 0 Å². The fourth-order valence-corrected chi connectivity index (χ4v) is 4.10. The Bertz CT molecular complexity index is 1020. The number of hydrogen-bond acceptors (Lipinski definition) is 2. The number of halogens is 3. The lowest BCUT2D eigenvalue weighted by atomic mass is 9.78. The summed E-state index contributed by atoms with van der Waals surface area (Å²) in [6.45, 7) is 15.2. The first-order valence-electron chi connectivity index (χ1n) is 12.4. The van der Waals surface area contributed by atoms with Gasteiger partial charge < -0.3 is 10.6 Å². The third kappa shape index (κ3) is 7.78. The predicted molar refractivity (Wildman–Crippen MR) is 141 cm³/mol. The first-order valence-corrected chi connectivity index (χ1v) is 12.4. The number of alkyl halides is 3. The van der Waals surface area contributed by atoms with Crippen molar-refractivity contribution in [2.75, 3.05) is 6.54 Å². The molecule has 5 heteroatoms. The smallest absolute Gasteiger partial charge is 0.382 e. The molecule has 1 heterocycles. The minimum Gasteiger partial charge on any atom is -0.382 e. The van der Waals surface area contributed by atoms with Gasteiger partial charge >= 0.3 is 6.18 Å². The highest BCUT2D eigenvalue weighted by Gasteiger charge is 2.40. The first kappa shape index (κ1) is 28.3. The first-order chi connectivity index (χ1) is 16.6. The number of nitrogens with one attached hydrogen (secondary N) is 2. The molecule has 2 N–H and O–H groups in total. The van der Waals surface area contributed by atoms with Crippen LogP contribution >= 0.6 is 0 Å². The molecule has 0 saturated heterocycles. The Morgan fingerprint density at radius 3 is 2.23 bits per heavy atom. The van der Waals surface area contributed by atoms with Crippen LogP contribution in [-0.4, -0.2) is 6.54 Å². The highest BCUT2D eigenvalue weighted by atomic mass is 19.4. The number of dihydropyridines is 1. The molecule has 190 valence electrons. The zero-order chi connectivity index (χ0) is 26.1. The summed E-state index contributed by atoms with van der Waals surface area (Å²) in [5.74, 6) is 0.498. The molecule has 2 nitrogen and oxygen atoms in total. The van der Waals surface area contributed by atoms with E-state index in [1.165, 1.54) is 12.1 Å². The topological polar surface area (TPSA) is 24.1 Å². The Hall–Kier alpha value is -2.95. The van der Waals surface area contributed by atoms with Gasteiger partial charge in [0.1, 0.15) is 5.54 Å². The van der Waals surface area contributed by atoms with E-state index in [0.717, 1.165) is 41.4 Å². The minimum absolute atomic E-state index is 0.474. The average Bonchev–Trinajstić information content (AvgIpc) is 2.84. The maximum atomic E-state index is 13.7. The maximum Gasteiger partial charge on any atom is 0.416 e. The number of rotatable bonds is 9. The second-order valence-electron chi connectivity index (χ2n) is 9.25. The molecular weight excluding hydrogens is 445 g/mol. The second-order valence-corrected chi connectivity index (χ2v) is 9.25. The van der Waals surface area contributed by atoms with Crippen LogP contribution in [0.3, 0.4) is 0 Å². The van der Waals surface area contributed by atoms with Gasteiger partial charge in [-0.1, -0.05) is 88.4 Å². The van der Waals surface area contributed by atoms with Crippen molar-refractivity contribution in [1.29, 1.82) is 0 Å². The van der Waals surface area contributed by atoms with Gasteiger partial charge in [0, 0.05) is 24.4 Å². The van der Waals surface area contributed by atoms with Crippen LogP contribution in [-0.2, 0) is 18.1 Å². The van der Waals surface area contributed by atoms with Crippen LogP contribution in [0.15, 0.2) is 90.3 Å². The van der Waals surface area contributed by atoms with Crippen molar-refractivity contribution in [3.05, 3.63) is 107 Å². The van der Waals surface area contributed by atoms with Gasteiger partial charge in [-0.15, -0.1) is 0 Å². The Morgan fingerprint density at radius 1 is 1.00 bits per heavy atom. The van der Waals surface area contributed by atoms with Crippen LogP contribution in [0.4, 0.5) is 13.2 Å². The SMILES string of the molecule is C=C(CCC(C)C)NC(Cc1ccccc1)(C1=CC=C(C)CN1)c1cccc(C(F)(F)F)c1.CC. The van der Waals surface area contributed by atoms with Crippen LogP contribution in [0.25, 0.3) is 0 Å². The molecule has 0 radical (unpaired) electrons. The van der Waals surface area contributed by atoms with E-state index in [9.17, 15) is 13.2 Å². The van der Waals surface area contributed by atoms with E-state index >= 15 is 0 Å². The lowest BCUT2D eigenvalue weighted by molar-refractivity contribution is -0.137. The Kier molecular flexibility index (Phi) is 10.2. The fourth-order valence-electron chi connectivity index (χ4n) is 4.10. The van der Waals surface area contributed by atoms with Gasteiger partial charge in [-0.2, -0.15) is 13.2 Å². The number of allylic oxidation sites excluding steroid dienone is 3. The zero-order valence-corrected chi connectivity index (χ0v) is 21.6. The standard InChI is InChI=1S/C28H33F3N2.C2H6/c1-20(2)13-15-22(4)33-27(18-23-9-6-5-7-10-23,26-16-14-21(3)19-32-26)24-11-8-12-25(17-24)28(29,30)31;1-2/h5-12,14,16-17,20,32-33H,4,13,15,18-19H2,1-3H3;1-2H3. The zero-order valence-electron chi connectivity index (χ0n) is 21.6. The van der Waals surface area contributed by atoms with Crippen LogP contribution in [0, 0.1) is 5.92 Å². The van der Waals surface area contributed by atoms with E-state index < -0.39 is 17.3 Å². The van der Waals surface area contributed by atoms with E-state index in [0.29, 0.717) is 24.4 Å². The van der Waals surface area contributed by atoms with Crippen molar-refractivity contribution >= 4 is 0 Å². The molecule has 1 aliphatic rings. The second kappa shape index (κ2) is 12.7. The maximum absolute atomic E-state index is 13.7. The van der Waals surface area contributed by atoms with Crippen molar-refractivity contribution in [3.63, 3.8) is 0 Å². The van der Waals surface area contributed by atoms with Crippen LogP contribution < -0.4 is 10.6 Å². The lowest BCUT2D eigenvalue weighted by Gasteiger charge is -2.41. The van der Waals surface area contributed by atoms with Gasteiger partial charge in [0.05, 0.1) is 5.56 Å². The molecule has 0 spiro atoms. The summed E-state index contributed by atoms with van der Waals surface area (Å²) in [6, 6.07) is 15.5. The lowest BCUT2D eigenvalue weighted by Crippen LogP contribution is -2.50. The molecule has 0 aliphatic carbocycles. The largest absolute Gasteiger partial charge is 0.416 e. The minimum atomic E-state index is -4.42. The molecule has 0 aromatic heterocycles. The van der Waals surface area contributed by atoms with Gasteiger partial charge in [0.15, 0.2) is 0 Å². The van der Waals surface area contributed by atoms with E-state index in [2.05, 4.69) is 31.1 Å². The molecule has 0 fully saturated rings. The summed E-state index contributed by atoms with van der Waals surface area (Å²) in [7, 11) is 0. The highest BCUT2D eigenvalue weighted by Crippen LogP contribution is 2.38. The van der Waals surface area contributed by atoms with Gasteiger partial charge in [0.2, 0.25) is 0 Å². The van der Waals surface area contributed by atoms with E-state index in [4.69, 9.17) is 0 Å². The summed E-state index contributed by atoms with van der Waals surface area (Å²) >= 11 is 0. The van der Waals surface area contributed by atoms with Crippen molar-refractivity contribution in [2.45, 2.75) is 65.6 Å². The van der Waals surface area contributed by atoms with E-state index in [1.807, 2.05) is 63.3 Å². The van der Waals surface area contributed by atoms with Crippen molar-refractivity contribution in [3.8, 4) is 0 Å². The van der Waals surface area contributed by atoms with Crippen molar-refractivity contribution in [1.82, 2.24) is 10.6 Å². The van der Waals surface area contributed by atoms with Gasteiger partial charge in [-0.25, -0.2) is 0 Å². The van der Waals surface area contributed by atoms with Crippen molar-refractivity contribution < 1.29 is 13.2 Å². The molecule has 0 amide bonds. The molecule has 35 heavy (non-hydrogen) atoms. The number of benzene rings is 2. The summed E-state index contributed by atoms with van der Waals surface area (Å²) in [4.78, 5) is 0. The molecule has 2 aromatic carbocycles. The molecule has 0 bridgehead atoms. The van der Waals surface area contributed by atoms with E-state index in [1.54, 1.807) is 6.07 Å². The highest BCUT2D eigenvalue weighted by molar-refractivity contribution is 5.44. The predicted octanol–water partition coefficient (Wildman–Crippen LogP) is 8.14. The molecule has 1 atom stereocenters. The van der Waals surface area contributed by atoms with Crippen LogP contribution in [0.5, 0.6) is 0 Å². The van der Waals surface area contributed by atoms with Crippen LogP contribution in [0.1, 0.15) is 64.2 Å². The molecule has 3 rings (SSSR count). The summed E-state index contributed by atoms with van der Waals surface area (Å²) in [6.07, 6.45) is 1.74. The Morgan fingerprint density at radius 2 is 1.66 bits per heavy atom. The molecule has 0 saturated carbocycles. The molecule has 1 unspecified atom stereocenters. The van der Waals surface area contributed by atoms with Gasteiger partial charge in [-0.05, 0) is 55.0 Å². The average molecular weight is 485 g/mol. The fraction of sp³-hybridized carbons (Fsp3) is 0.400. The third-order valence-corrected chi connectivity index (χ3v) is 5.96. The van der Waals surface area contributed by atoms with Crippen molar-refractivity contribution in [2.24, 2.45) is 5.92 Å². The summed E-state index contributed by atoms with van der Waals surface area (Å²) in [5.41, 5.74) is 2.80. The Labute approximate surface area is 209 Å². The monoisotopic (exact) mass is 484 g/mol. The number of hydrogen-bond donors (Lipinski definition) is 2. The van der Waals surface area contributed by atoms with Gasteiger partial charge in [0.25, 0.3) is 0 Å². The van der Waals surface area contributed by atoms with Crippen LogP contribution in [0.2, 0.25) is 0 Å². The molecular formula is C30H39F3N2. The normalized spacial score (nSPS) is 15.1. The Balaban J connectivity index is 0.00000210. The van der Waals surface area contributed by atoms with Gasteiger partial charge in [-0.3, -0.25) is 0 Å². The molecule has 1 aliphatic heterocycles. The summed E-state index contributed by atoms with van der Waals surface area (Å²) in [5, 5.41) is 7.06. The summed E-state index contributed by atoms with van der Waals surface area (Å²) < 4.78 is 41.0. The molecule has 2 aromatic rings. The third-order valence-electron chi connectivity index (χ3n) is 5.96.